The topological polar surface area (TPSA) is 96.1 Å². The molecular weight excluding hydrogens is 392 g/mol. The Morgan fingerprint density at radius 2 is 1.94 bits per heavy atom. The maximum atomic E-state index is 13.5. The standard InChI is InChI=1S/C22H20N8O/c1-3-4-11-29-18-19(27-22(29)28-12-9-25-10-13-28)26-21(24-2)30(20(18)31)15-17-7-5-16(14-23)6-8-17/h5-8,25H,9-13,15H2,1H3. The normalized spacial score (nSPS) is 13.3. The molecule has 1 aliphatic rings. The van der Waals surface area contributed by atoms with E-state index in [4.69, 9.17) is 11.8 Å². The SMILES string of the molecule is [C-]#[N+]c1nc2nc(N3CCNCC3)n(CC#CC)c2c(=O)n1Cc1ccc(C#N)cc1. The van der Waals surface area contributed by atoms with E-state index in [1.807, 2.05) is 0 Å². The van der Waals surface area contributed by atoms with Crippen molar-refractivity contribution in [2.45, 2.75) is 20.0 Å². The molecule has 154 valence electrons. The maximum Gasteiger partial charge on any atom is 0.343 e. The summed E-state index contributed by atoms with van der Waals surface area (Å²) in [7, 11) is 0. The number of benzene rings is 1. The van der Waals surface area contributed by atoms with Crippen LogP contribution in [0.1, 0.15) is 18.1 Å². The third-order valence-electron chi connectivity index (χ3n) is 5.16. The molecule has 1 saturated heterocycles. The van der Waals surface area contributed by atoms with Crippen LogP contribution in [0.3, 0.4) is 0 Å². The number of nitrogens with one attached hydrogen (secondary N) is 1. The fourth-order valence-corrected chi connectivity index (χ4v) is 3.60. The van der Waals surface area contributed by atoms with Gasteiger partial charge in [-0.2, -0.15) is 10.2 Å². The number of piperazine rings is 1. The lowest BCUT2D eigenvalue weighted by Crippen LogP contribution is -2.44. The van der Waals surface area contributed by atoms with Crippen LogP contribution in [0.25, 0.3) is 16.0 Å². The van der Waals surface area contributed by atoms with E-state index in [0.29, 0.717) is 23.6 Å². The molecule has 0 amide bonds. The summed E-state index contributed by atoms with van der Waals surface area (Å²) in [5.74, 6) is 6.53. The number of aromatic nitrogens is 4. The van der Waals surface area contributed by atoms with Crippen LogP contribution in [-0.2, 0) is 13.1 Å². The van der Waals surface area contributed by atoms with Gasteiger partial charge in [0.25, 0.3) is 0 Å². The quantitative estimate of drug-likeness (QED) is 0.515. The fourth-order valence-electron chi connectivity index (χ4n) is 3.60. The second-order valence-corrected chi connectivity index (χ2v) is 7.06. The number of rotatable bonds is 4. The second-order valence-electron chi connectivity index (χ2n) is 7.06. The molecule has 1 aromatic carbocycles. The summed E-state index contributed by atoms with van der Waals surface area (Å²) >= 11 is 0. The van der Waals surface area contributed by atoms with Crippen LogP contribution >= 0.6 is 0 Å². The van der Waals surface area contributed by atoms with Crippen molar-refractivity contribution < 1.29 is 0 Å². The van der Waals surface area contributed by atoms with Crippen molar-refractivity contribution in [1.82, 2.24) is 24.4 Å². The molecule has 0 unspecified atom stereocenters. The van der Waals surface area contributed by atoms with Crippen molar-refractivity contribution in [2.24, 2.45) is 0 Å². The van der Waals surface area contributed by atoms with Gasteiger partial charge in [0.05, 0.1) is 24.7 Å². The number of imidazole rings is 1. The smallest absolute Gasteiger partial charge is 0.343 e. The van der Waals surface area contributed by atoms with Crippen LogP contribution in [0.5, 0.6) is 0 Å². The molecule has 31 heavy (non-hydrogen) atoms. The first kappa shape index (κ1) is 20.2. The molecular formula is C22H20N8O. The number of hydrogen-bond acceptors (Lipinski definition) is 6. The third-order valence-corrected chi connectivity index (χ3v) is 5.16. The number of hydrogen-bond donors (Lipinski definition) is 1. The number of anilines is 1. The number of fused-ring (bicyclic) bond motifs is 1. The van der Waals surface area contributed by atoms with Gasteiger partial charge in [-0.05, 0) is 24.6 Å². The van der Waals surface area contributed by atoms with Gasteiger partial charge in [-0.15, -0.1) is 17.5 Å². The Morgan fingerprint density at radius 3 is 2.58 bits per heavy atom. The molecule has 4 rings (SSSR count). The Balaban J connectivity index is 1.87. The summed E-state index contributed by atoms with van der Waals surface area (Å²) in [4.78, 5) is 28.1. The lowest BCUT2D eigenvalue weighted by Gasteiger charge is -2.28. The summed E-state index contributed by atoms with van der Waals surface area (Å²) < 4.78 is 3.16. The van der Waals surface area contributed by atoms with Gasteiger partial charge in [0.15, 0.2) is 5.52 Å². The summed E-state index contributed by atoms with van der Waals surface area (Å²) in [6.45, 7) is 13.0. The largest absolute Gasteiger partial charge is 0.396 e. The van der Waals surface area contributed by atoms with E-state index in [0.717, 1.165) is 31.7 Å². The first-order valence-corrected chi connectivity index (χ1v) is 9.89. The monoisotopic (exact) mass is 412 g/mol. The molecule has 1 N–H and O–H groups in total. The van der Waals surface area contributed by atoms with Crippen LogP contribution in [0.2, 0.25) is 0 Å². The van der Waals surface area contributed by atoms with Crippen molar-refractivity contribution in [3.63, 3.8) is 0 Å². The van der Waals surface area contributed by atoms with E-state index in [9.17, 15) is 4.79 Å². The average molecular weight is 412 g/mol. The average Bonchev–Trinajstić information content (AvgIpc) is 3.19. The Morgan fingerprint density at radius 1 is 1.19 bits per heavy atom. The van der Waals surface area contributed by atoms with Gasteiger partial charge in [0.1, 0.15) is 0 Å². The molecule has 0 spiro atoms. The van der Waals surface area contributed by atoms with Crippen LogP contribution in [0, 0.1) is 29.7 Å². The Bertz CT molecular complexity index is 1320. The van der Waals surface area contributed by atoms with Crippen molar-refractivity contribution in [3.8, 4) is 17.9 Å². The van der Waals surface area contributed by atoms with Crippen molar-refractivity contribution in [3.05, 3.63) is 57.2 Å². The van der Waals surface area contributed by atoms with Gasteiger partial charge in [0, 0.05) is 26.2 Å². The van der Waals surface area contributed by atoms with E-state index >= 15 is 0 Å². The highest BCUT2D eigenvalue weighted by molar-refractivity contribution is 5.76. The molecule has 2 aromatic heterocycles. The predicted octanol–water partition coefficient (Wildman–Crippen LogP) is 1.50. The molecule has 0 bridgehead atoms. The lowest BCUT2D eigenvalue weighted by atomic mass is 10.1. The third kappa shape index (κ3) is 3.85. The van der Waals surface area contributed by atoms with Gasteiger partial charge < -0.3 is 15.1 Å². The predicted molar refractivity (Wildman–Crippen MR) is 117 cm³/mol. The van der Waals surface area contributed by atoms with Crippen LogP contribution < -0.4 is 15.8 Å². The Labute approximate surface area is 179 Å². The molecule has 1 aliphatic heterocycles. The van der Waals surface area contributed by atoms with Crippen molar-refractivity contribution in [2.75, 3.05) is 31.1 Å². The lowest BCUT2D eigenvalue weighted by molar-refractivity contribution is 0.572. The zero-order chi connectivity index (χ0) is 21.8. The highest BCUT2D eigenvalue weighted by Crippen LogP contribution is 2.22. The van der Waals surface area contributed by atoms with Gasteiger partial charge in [-0.3, -0.25) is 9.13 Å². The van der Waals surface area contributed by atoms with E-state index < -0.39 is 0 Å². The number of nitrogens with zero attached hydrogens (tertiary/aromatic N) is 7. The molecule has 0 saturated carbocycles. The molecule has 0 atom stereocenters. The summed E-state index contributed by atoms with van der Waals surface area (Å²) in [5.41, 5.74) is 1.61. The summed E-state index contributed by atoms with van der Waals surface area (Å²) in [6, 6.07) is 9.00. The molecule has 9 heteroatoms. The van der Waals surface area contributed by atoms with Crippen LogP contribution in [0.4, 0.5) is 11.9 Å². The van der Waals surface area contributed by atoms with Gasteiger partial charge in [-0.25, -0.2) is 4.79 Å². The highest BCUT2D eigenvalue weighted by atomic mass is 16.1. The summed E-state index contributed by atoms with van der Waals surface area (Å²) in [6.07, 6.45) is 0. The molecule has 1 fully saturated rings. The van der Waals surface area contributed by atoms with Gasteiger partial charge >= 0.3 is 11.5 Å². The highest BCUT2D eigenvalue weighted by Gasteiger charge is 2.25. The maximum absolute atomic E-state index is 13.5. The molecule has 9 nitrogen and oxygen atoms in total. The first-order valence-electron chi connectivity index (χ1n) is 9.89. The molecule has 0 aliphatic carbocycles. The van der Waals surface area contributed by atoms with Crippen LogP contribution in [0.15, 0.2) is 29.1 Å². The minimum Gasteiger partial charge on any atom is -0.396 e. The minimum atomic E-state index is -0.327. The second kappa shape index (κ2) is 8.71. The van der Waals surface area contributed by atoms with Gasteiger partial charge in [-0.1, -0.05) is 18.1 Å². The minimum absolute atomic E-state index is 0.0139. The van der Waals surface area contributed by atoms with E-state index in [1.54, 1.807) is 35.8 Å². The van der Waals surface area contributed by atoms with Crippen molar-refractivity contribution in [1.29, 1.82) is 5.26 Å². The van der Waals surface area contributed by atoms with E-state index in [-0.39, 0.29) is 23.7 Å². The fraction of sp³-hybridized carbons (Fsp3) is 0.318. The molecule has 3 heterocycles. The van der Waals surface area contributed by atoms with E-state index in [1.165, 1.54) is 4.57 Å². The van der Waals surface area contributed by atoms with E-state index in [2.05, 4.69) is 42.9 Å². The Kier molecular flexibility index (Phi) is 5.66. The van der Waals surface area contributed by atoms with Crippen LogP contribution in [-0.4, -0.2) is 45.3 Å². The summed E-state index contributed by atoms with van der Waals surface area (Å²) in [5, 5.41) is 12.3. The Hall–Kier alpha value is -4.13. The van der Waals surface area contributed by atoms with Crippen molar-refractivity contribution >= 4 is 23.1 Å². The number of nitriles is 1. The molecule has 0 radical (unpaired) electrons. The first-order chi connectivity index (χ1) is 15.2. The zero-order valence-electron chi connectivity index (χ0n) is 17.1. The molecule has 3 aromatic rings. The zero-order valence-corrected chi connectivity index (χ0v) is 17.1. The van der Waals surface area contributed by atoms with Gasteiger partial charge in [0.2, 0.25) is 11.6 Å².